The van der Waals surface area contributed by atoms with Gasteiger partial charge in [-0.15, -0.1) is 0 Å². The number of benzene rings is 3. The van der Waals surface area contributed by atoms with Crippen molar-refractivity contribution in [3.8, 4) is 5.75 Å². The fourth-order valence-corrected chi connectivity index (χ4v) is 3.38. The number of methoxy groups -OCH3 is 1. The van der Waals surface area contributed by atoms with Crippen LogP contribution in [-0.4, -0.2) is 7.11 Å². The molecule has 1 atom stereocenters. The van der Waals surface area contributed by atoms with E-state index in [1.165, 1.54) is 27.6 Å². The number of hydrogen-bond donors (Lipinski definition) is 0. The van der Waals surface area contributed by atoms with E-state index in [1.807, 2.05) is 30.5 Å². The van der Waals surface area contributed by atoms with Crippen LogP contribution in [0.25, 0.3) is 11.0 Å². The molecule has 1 unspecified atom stereocenters. The first-order chi connectivity index (χ1) is 12.3. The zero-order valence-corrected chi connectivity index (χ0v) is 14.4. The number of rotatable bonds is 4. The van der Waals surface area contributed by atoms with Gasteiger partial charge in [0, 0.05) is 16.9 Å². The second-order valence-electron chi connectivity index (χ2n) is 6.31. The lowest BCUT2D eigenvalue weighted by molar-refractivity contribution is 0.414. The molecule has 0 fully saturated rings. The quantitative estimate of drug-likeness (QED) is 0.463. The van der Waals surface area contributed by atoms with Gasteiger partial charge in [-0.2, -0.15) is 0 Å². The van der Waals surface area contributed by atoms with Crippen LogP contribution in [0.3, 0.4) is 0 Å². The summed E-state index contributed by atoms with van der Waals surface area (Å²) in [6, 6.07) is 25.2. The molecule has 0 aliphatic heterocycles. The molecule has 0 spiro atoms. The molecule has 1 heterocycles. The molecular formula is C23H20O2. The summed E-state index contributed by atoms with van der Waals surface area (Å²) in [7, 11) is 1.69. The van der Waals surface area contributed by atoms with Gasteiger partial charge < -0.3 is 9.15 Å². The number of fused-ring (bicyclic) bond motifs is 1. The Morgan fingerprint density at radius 3 is 2.28 bits per heavy atom. The van der Waals surface area contributed by atoms with Crippen LogP contribution in [0.15, 0.2) is 83.5 Å². The van der Waals surface area contributed by atoms with Gasteiger partial charge >= 0.3 is 0 Å². The molecule has 1 aromatic heterocycles. The molecule has 3 aromatic carbocycles. The van der Waals surface area contributed by atoms with E-state index in [2.05, 4.69) is 55.5 Å². The highest BCUT2D eigenvalue weighted by Gasteiger charge is 2.21. The predicted molar refractivity (Wildman–Crippen MR) is 101 cm³/mol. The zero-order valence-electron chi connectivity index (χ0n) is 14.4. The minimum absolute atomic E-state index is 0.121. The molecular weight excluding hydrogens is 308 g/mol. The van der Waals surface area contributed by atoms with E-state index in [0.29, 0.717) is 0 Å². The third kappa shape index (κ3) is 2.91. The van der Waals surface area contributed by atoms with E-state index >= 15 is 0 Å². The first-order valence-corrected chi connectivity index (χ1v) is 8.43. The van der Waals surface area contributed by atoms with Gasteiger partial charge in [0.2, 0.25) is 0 Å². The SMILES string of the molecule is COc1ccc(C(c2ccccc2)c2coc3ccc(C)cc23)cc1. The van der Waals surface area contributed by atoms with Crippen molar-refractivity contribution in [2.45, 2.75) is 12.8 Å². The van der Waals surface area contributed by atoms with Crippen molar-refractivity contribution < 1.29 is 9.15 Å². The van der Waals surface area contributed by atoms with E-state index in [-0.39, 0.29) is 5.92 Å². The van der Waals surface area contributed by atoms with Gasteiger partial charge in [0.25, 0.3) is 0 Å². The Morgan fingerprint density at radius 2 is 1.56 bits per heavy atom. The molecule has 2 heteroatoms. The van der Waals surface area contributed by atoms with E-state index in [1.54, 1.807) is 7.11 Å². The summed E-state index contributed by atoms with van der Waals surface area (Å²) < 4.78 is 11.2. The zero-order chi connectivity index (χ0) is 17.2. The lowest BCUT2D eigenvalue weighted by Crippen LogP contribution is -2.02. The molecule has 2 nitrogen and oxygen atoms in total. The highest BCUT2D eigenvalue weighted by atomic mass is 16.5. The molecule has 25 heavy (non-hydrogen) atoms. The van der Waals surface area contributed by atoms with Crippen molar-refractivity contribution in [3.05, 3.63) is 101 Å². The van der Waals surface area contributed by atoms with Crippen molar-refractivity contribution in [2.24, 2.45) is 0 Å². The van der Waals surface area contributed by atoms with Crippen molar-refractivity contribution >= 4 is 11.0 Å². The minimum atomic E-state index is 0.121. The third-order valence-corrected chi connectivity index (χ3v) is 4.65. The Kier molecular flexibility index (Phi) is 4.02. The number of aryl methyl sites for hydroxylation is 1. The molecule has 4 rings (SSSR count). The maximum absolute atomic E-state index is 5.85. The largest absolute Gasteiger partial charge is 0.497 e. The van der Waals surface area contributed by atoms with Gasteiger partial charge in [0.05, 0.1) is 13.4 Å². The van der Waals surface area contributed by atoms with E-state index in [9.17, 15) is 0 Å². The van der Waals surface area contributed by atoms with Gasteiger partial charge in [-0.1, -0.05) is 54.1 Å². The maximum atomic E-state index is 5.85. The summed E-state index contributed by atoms with van der Waals surface area (Å²) in [6.45, 7) is 2.11. The summed E-state index contributed by atoms with van der Waals surface area (Å²) in [5, 5.41) is 1.17. The molecule has 0 N–H and O–H groups in total. The van der Waals surface area contributed by atoms with Crippen LogP contribution in [0.5, 0.6) is 5.75 Å². The van der Waals surface area contributed by atoms with Crippen molar-refractivity contribution in [1.82, 2.24) is 0 Å². The Balaban J connectivity index is 1.91. The van der Waals surface area contributed by atoms with Gasteiger partial charge in [-0.3, -0.25) is 0 Å². The third-order valence-electron chi connectivity index (χ3n) is 4.65. The molecule has 0 saturated heterocycles. The van der Waals surface area contributed by atoms with Gasteiger partial charge in [0.1, 0.15) is 11.3 Å². The standard InChI is InChI=1S/C23H20O2/c1-16-8-13-22-20(14-16)21(15-25-22)23(17-6-4-3-5-7-17)18-9-11-19(24-2)12-10-18/h3-15,23H,1-2H3. The average molecular weight is 328 g/mol. The molecule has 124 valence electrons. The molecule has 0 amide bonds. The molecule has 0 saturated carbocycles. The maximum Gasteiger partial charge on any atom is 0.134 e. The first-order valence-electron chi connectivity index (χ1n) is 8.43. The van der Waals surface area contributed by atoms with Gasteiger partial charge in [-0.25, -0.2) is 0 Å². The van der Waals surface area contributed by atoms with E-state index in [4.69, 9.17) is 9.15 Å². The minimum Gasteiger partial charge on any atom is -0.497 e. The highest BCUT2D eigenvalue weighted by molar-refractivity contribution is 5.83. The smallest absolute Gasteiger partial charge is 0.134 e. The van der Waals surface area contributed by atoms with Crippen LogP contribution in [0.2, 0.25) is 0 Å². The van der Waals surface area contributed by atoms with Crippen molar-refractivity contribution in [1.29, 1.82) is 0 Å². The van der Waals surface area contributed by atoms with Crippen molar-refractivity contribution in [3.63, 3.8) is 0 Å². The molecule has 0 bridgehead atoms. The summed E-state index contributed by atoms with van der Waals surface area (Å²) in [5.74, 6) is 0.985. The fourth-order valence-electron chi connectivity index (χ4n) is 3.38. The second-order valence-corrected chi connectivity index (χ2v) is 6.31. The number of furan rings is 1. The molecule has 4 aromatic rings. The summed E-state index contributed by atoms with van der Waals surface area (Å²) >= 11 is 0. The highest BCUT2D eigenvalue weighted by Crippen LogP contribution is 2.37. The fraction of sp³-hybridized carbons (Fsp3) is 0.130. The van der Waals surface area contributed by atoms with Crippen LogP contribution in [-0.2, 0) is 0 Å². The summed E-state index contributed by atoms with van der Waals surface area (Å²) in [5.41, 5.74) is 5.81. The lowest BCUT2D eigenvalue weighted by atomic mass is 9.85. The monoisotopic (exact) mass is 328 g/mol. The topological polar surface area (TPSA) is 22.4 Å². The van der Waals surface area contributed by atoms with Gasteiger partial charge in [-0.05, 0) is 42.3 Å². The molecule has 0 aliphatic rings. The Hall–Kier alpha value is -3.00. The van der Waals surface area contributed by atoms with Gasteiger partial charge in [0.15, 0.2) is 0 Å². The van der Waals surface area contributed by atoms with Crippen LogP contribution >= 0.6 is 0 Å². The van der Waals surface area contributed by atoms with E-state index in [0.717, 1.165) is 11.3 Å². The summed E-state index contributed by atoms with van der Waals surface area (Å²) in [6.07, 6.45) is 1.89. The molecule has 0 radical (unpaired) electrons. The average Bonchev–Trinajstić information content (AvgIpc) is 3.06. The Labute approximate surface area is 147 Å². The van der Waals surface area contributed by atoms with E-state index < -0.39 is 0 Å². The Morgan fingerprint density at radius 1 is 0.840 bits per heavy atom. The number of ether oxygens (including phenoxy) is 1. The Bertz CT molecular complexity index is 982. The second kappa shape index (κ2) is 6.48. The lowest BCUT2D eigenvalue weighted by Gasteiger charge is -2.18. The van der Waals surface area contributed by atoms with Crippen LogP contribution < -0.4 is 4.74 Å². The van der Waals surface area contributed by atoms with Crippen LogP contribution in [0.1, 0.15) is 28.2 Å². The predicted octanol–water partition coefficient (Wildman–Crippen LogP) is 5.93. The van der Waals surface area contributed by atoms with Crippen LogP contribution in [0.4, 0.5) is 0 Å². The number of hydrogen-bond acceptors (Lipinski definition) is 2. The molecule has 0 aliphatic carbocycles. The van der Waals surface area contributed by atoms with Crippen molar-refractivity contribution in [2.75, 3.05) is 7.11 Å². The summed E-state index contributed by atoms with van der Waals surface area (Å²) in [4.78, 5) is 0. The van der Waals surface area contributed by atoms with Crippen LogP contribution in [0, 0.1) is 6.92 Å². The first kappa shape index (κ1) is 15.5. The normalized spacial score (nSPS) is 12.2.